The molecule has 0 aliphatic carbocycles. The first kappa shape index (κ1) is 15.5. The summed E-state index contributed by atoms with van der Waals surface area (Å²) in [5.74, 6) is 0.593. The van der Waals surface area contributed by atoms with E-state index in [1.165, 1.54) is 17.8 Å². The second-order valence-corrected chi connectivity index (χ2v) is 5.58. The third-order valence-electron chi connectivity index (χ3n) is 3.07. The van der Waals surface area contributed by atoms with Crippen LogP contribution in [0.3, 0.4) is 0 Å². The average molecular weight is 307 g/mol. The summed E-state index contributed by atoms with van der Waals surface area (Å²) in [4.78, 5) is 0.504. The maximum Gasteiger partial charge on any atom is 0.417 e. The smallest absolute Gasteiger partial charge is 0.192 e. The first-order valence-electron chi connectivity index (χ1n) is 6.20. The molecule has 0 fully saturated rings. The van der Waals surface area contributed by atoms with Crippen molar-refractivity contribution in [1.29, 1.82) is 5.26 Å². The van der Waals surface area contributed by atoms with Gasteiger partial charge in [-0.2, -0.15) is 18.4 Å². The molecule has 0 radical (unpaired) electrons. The number of nitriles is 1. The fourth-order valence-corrected chi connectivity index (χ4v) is 2.89. The molecule has 2 rings (SSSR count). The number of rotatable bonds is 3. The van der Waals surface area contributed by atoms with Crippen LogP contribution in [0.5, 0.6) is 0 Å². The van der Waals surface area contributed by atoms with E-state index in [1.54, 1.807) is 12.1 Å². The summed E-state index contributed by atoms with van der Waals surface area (Å²) in [5, 5.41) is 8.76. The molecule has 0 saturated carbocycles. The quantitative estimate of drug-likeness (QED) is 0.730. The molecule has 21 heavy (non-hydrogen) atoms. The molecule has 0 unspecified atom stereocenters. The normalized spacial score (nSPS) is 11.2. The molecule has 0 aromatic heterocycles. The van der Waals surface area contributed by atoms with E-state index in [0.717, 1.165) is 17.2 Å². The van der Waals surface area contributed by atoms with E-state index in [-0.39, 0.29) is 5.56 Å². The van der Waals surface area contributed by atoms with Gasteiger partial charge in [0, 0.05) is 10.6 Å². The molecular weight excluding hydrogens is 295 g/mol. The third-order valence-corrected chi connectivity index (χ3v) is 4.12. The van der Waals surface area contributed by atoms with Gasteiger partial charge in [0.15, 0.2) is 0 Å². The van der Waals surface area contributed by atoms with E-state index in [9.17, 15) is 13.2 Å². The predicted octanol–water partition coefficient (Wildman–Crippen LogP) is 5.18. The third kappa shape index (κ3) is 3.79. The van der Waals surface area contributed by atoms with Crippen molar-refractivity contribution >= 4 is 11.8 Å². The van der Waals surface area contributed by atoms with Crippen LogP contribution in [0.15, 0.2) is 47.4 Å². The van der Waals surface area contributed by atoms with Gasteiger partial charge in [-0.3, -0.25) is 0 Å². The number of thioether (sulfide) groups is 1. The zero-order valence-corrected chi connectivity index (χ0v) is 12.1. The average Bonchev–Trinajstić information content (AvgIpc) is 2.45. The van der Waals surface area contributed by atoms with Crippen molar-refractivity contribution in [2.24, 2.45) is 0 Å². The molecular formula is C16H12F3NS. The van der Waals surface area contributed by atoms with Crippen LogP contribution >= 0.6 is 11.8 Å². The second-order valence-electron chi connectivity index (χ2n) is 4.53. The van der Waals surface area contributed by atoms with Crippen molar-refractivity contribution in [2.75, 3.05) is 0 Å². The van der Waals surface area contributed by atoms with Gasteiger partial charge in [0.05, 0.1) is 17.2 Å². The molecule has 108 valence electrons. The van der Waals surface area contributed by atoms with Crippen LogP contribution in [0.25, 0.3) is 0 Å². The van der Waals surface area contributed by atoms with E-state index in [4.69, 9.17) is 5.26 Å². The summed E-state index contributed by atoms with van der Waals surface area (Å²) < 4.78 is 38.6. The van der Waals surface area contributed by atoms with E-state index in [2.05, 4.69) is 0 Å². The molecule has 5 heteroatoms. The number of benzene rings is 2. The van der Waals surface area contributed by atoms with Gasteiger partial charge >= 0.3 is 6.18 Å². The highest BCUT2D eigenvalue weighted by molar-refractivity contribution is 7.98. The Kier molecular flexibility index (Phi) is 4.59. The topological polar surface area (TPSA) is 23.8 Å². The highest BCUT2D eigenvalue weighted by Gasteiger charge is 2.33. The lowest BCUT2D eigenvalue weighted by atomic mass is 10.1. The Labute approximate surface area is 125 Å². The van der Waals surface area contributed by atoms with Gasteiger partial charge in [-0.25, -0.2) is 0 Å². The van der Waals surface area contributed by atoms with E-state index >= 15 is 0 Å². The lowest BCUT2D eigenvalue weighted by molar-refractivity contribution is -0.137. The van der Waals surface area contributed by atoms with Crippen molar-refractivity contribution in [3.63, 3.8) is 0 Å². The van der Waals surface area contributed by atoms with Crippen LogP contribution in [-0.2, 0) is 11.9 Å². The number of alkyl halides is 3. The second kappa shape index (κ2) is 6.23. The van der Waals surface area contributed by atoms with Crippen LogP contribution in [0.2, 0.25) is 0 Å². The summed E-state index contributed by atoms with van der Waals surface area (Å²) in [5.41, 5.74) is 0.970. The Hall–Kier alpha value is -1.93. The lowest BCUT2D eigenvalue weighted by Gasteiger charge is -2.11. The van der Waals surface area contributed by atoms with Crippen LogP contribution in [0, 0.1) is 18.3 Å². The van der Waals surface area contributed by atoms with Crippen LogP contribution < -0.4 is 0 Å². The van der Waals surface area contributed by atoms with E-state index in [1.807, 2.05) is 31.2 Å². The van der Waals surface area contributed by atoms with Gasteiger partial charge in [0.2, 0.25) is 0 Å². The molecule has 0 saturated heterocycles. The summed E-state index contributed by atoms with van der Waals surface area (Å²) in [6.07, 6.45) is -4.51. The fourth-order valence-electron chi connectivity index (χ4n) is 1.88. The zero-order valence-electron chi connectivity index (χ0n) is 11.2. The van der Waals surface area contributed by atoms with Crippen molar-refractivity contribution in [3.8, 4) is 6.07 Å². The Morgan fingerprint density at radius 1 is 1.14 bits per heavy atom. The summed E-state index contributed by atoms with van der Waals surface area (Å²) in [7, 11) is 0. The van der Waals surface area contributed by atoms with Crippen molar-refractivity contribution in [3.05, 3.63) is 64.7 Å². The van der Waals surface area contributed by atoms with Gasteiger partial charge < -0.3 is 0 Å². The Balaban J connectivity index is 2.23. The number of hydrogen-bond donors (Lipinski definition) is 0. The van der Waals surface area contributed by atoms with Crippen LogP contribution in [0.4, 0.5) is 13.2 Å². The molecule has 2 aromatic rings. The highest BCUT2D eigenvalue weighted by Crippen LogP contribution is 2.35. The molecule has 0 bridgehead atoms. The first-order valence-corrected chi connectivity index (χ1v) is 7.19. The minimum Gasteiger partial charge on any atom is -0.192 e. The number of halogens is 3. The SMILES string of the molecule is Cc1ccccc1CSc1ccc(C#N)c(C(F)(F)F)c1. The van der Waals surface area contributed by atoms with Gasteiger partial charge in [-0.1, -0.05) is 24.3 Å². The first-order chi connectivity index (χ1) is 9.91. The highest BCUT2D eigenvalue weighted by atomic mass is 32.2. The van der Waals surface area contributed by atoms with Gasteiger partial charge in [-0.05, 0) is 36.2 Å². The van der Waals surface area contributed by atoms with Crippen LogP contribution in [-0.4, -0.2) is 0 Å². The maximum absolute atomic E-state index is 12.9. The summed E-state index contributed by atoms with van der Waals surface area (Å²) in [6, 6.07) is 13.2. The minimum absolute atomic E-state index is 0.345. The Bertz CT molecular complexity index is 687. The zero-order chi connectivity index (χ0) is 15.5. The van der Waals surface area contributed by atoms with Crippen molar-refractivity contribution in [2.45, 2.75) is 23.7 Å². The fraction of sp³-hybridized carbons (Fsp3) is 0.188. The van der Waals surface area contributed by atoms with Gasteiger partial charge in [0.1, 0.15) is 0 Å². The molecule has 0 aliphatic rings. The predicted molar refractivity (Wildman–Crippen MR) is 76.9 cm³/mol. The number of nitrogens with zero attached hydrogens (tertiary/aromatic N) is 1. The maximum atomic E-state index is 12.9. The molecule has 0 heterocycles. The molecule has 0 N–H and O–H groups in total. The monoisotopic (exact) mass is 307 g/mol. The van der Waals surface area contributed by atoms with E-state index in [0.29, 0.717) is 10.6 Å². The molecule has 1 nitrogen and oxygen atoms in total. The van der Waals surface area contributed by atoms with E-state index < -0.39 is 11.7 Å². The van der Waals surface area contributed by atoms with Gasteiger partial charge in [-0.15, -0.1) is 11.8 Å². The number of aryl methyl sites for hydroxylation is 1. The largest absolute Gasteiger partial charge is 0.417 e. The minimum atomic E-state index is -4.51. The Morgan fingerprint density at radius 3 is 2.48 bits per heavy atom. The summed E-state index contributed by atoms with van der Waals surface area (Å²) >= 11 is 1.33. The molecule has 0 atom stereocenters. The van der Waals surface area contributed by atoms with Gasteiger partial charge in [0.25, 0.3) is 0 Å². The molecule has 0 spiro atoms. The Morgan fingerprint density at radius 2 is 1.86 bits per heavy atom. The lowest BCUT2D eigenvalue weighted by Crippen LogP contribution is -2.07. The summed E-state index contributed by atoms with van der Waals surface area (Å²) in [6.45, 7) is 1.97. The standard InChI is InChI=1S/C16H12F3NS/c1-11-4-2-3-5-13(11)10-21-14-7-6-12(9-20)15(8-14)16(17,18)19/h2-8H,10H2,1H3. The van der Waals surface area contributed by atoms with Crippen molar-refractivity contribution < 1.29 is 13.2 Å². The molecule has 0 aliphatic heterocycles. The molecule has 0 amide bonds. The molecule has 2 aromatic carbocycles. The van der Waals surface area contributed by atoms with Crippen molar-refractivity contribution in [1.82, 2.24) is 0 Å². The number of hydrogen-bond acceptors (Lipinski definition) is 2. The van der Waals surface area contributed by atoms with Crippen LogP contribution in [0.1, 0.15) is 22.3 Å².